The number of aliphatic hydroxyl groups excluding tert-OH is 1. The number of methoxy groups -OCH3 is 2. The Hall–Kier alpha value is -1.22. The molecule has 1 aliphatic carbocycles. The summed E-state index contributed by atoms with van der Waals surface area (Å²) < 4.78 is 10.7. The zero-order valence-corrected chi connectivity index (χ0v) is 9.99. The first-order valence-corrected chi connectivity index (χ1v) is 5.61. The van der Waals surface area contributed by atoms with Crippen LogP contribution in [0, 0.1) is 0 Å². The van der Waals surface area contributed by atoms with E-state index in [9.17, 15) is 5.11 Å². The van der Waals surface area contributed by atoms with E-state index in [1.807, 2.05) is 12.1 Å². The van der Waals surface area contributed by atoms with Gasteiger partial charge < -0.3 is 14.6 Å². The maximum absolute atomic E-state index is 10.1. The van der Waals surface area contributed by atoms with Crippen LogP contribution in [0.2, 0.25) is 0 Å². The fourth-order valence-electron chi connectivity index (χ4n) is 2.50. The normalized spacial score (nSPS) is 23.8. The number of ether oxygens (including phenoxy) is 2. The van der Waals surface area contributed by atoms with Gasteiger partial charge in [0.25, 0.3) is 0 Å². The molecule has 0 saturated carbocycles. The largest absolute Gasteiger partial charge is 0.496 e. The highest BCUT2D eigenvalue weighted by Crippen LogP contribution is 2.46. The summed E-state index contributed by atoms with van der Waals surface area (Å²) >= 11 is 0. The van der Waals surface area contributed by atoms with Gasteiger partial charge in [-0.15, -0.1) is 0 Å². The predicted molar refractivity (Wildman–Crippen MR) is 62.2 cm³/mol. The molecular weight excluding hydrogens is 204 g/mol. The molecule has 1 aromatic carbocycles. The molecule has 0 spiro atoms. The van der Waals surface area contributed by atoms with E-state index in [1.54, 1.807) is 14.2 Å². The van der Waals surface area contributed by atoms with Gasteiger partial charge in [-0.2, -0.15) is 0 Å². The SMILES string of the molecule is COc1ccc(OC)c2c1C(C)CC[C@@H]2O. The molecule has 0 saturated heterocycles. The van der Waals surface area contributed by atoms with Crippen LogP contribution in [-0.4, -0.2) is 19.3 Å². The molecule has 0 fully saturated rings. The van der Waals surface area contributed by atoms with E-state index in [0.29, 0.717) is 5.92 Å². The van der Waals surface area contributed by atoms with Crippen LogP contribution in [0.1, 0.15) is 42.9 Å². The van der Waals surface area contributed by atoms with E-state index in [4.69, 9.17) is 9.47 Å². The van der Waals surface area contributed by atoms with Crippen LogP contribution >= 0.6 is 0 Å². The summed E-state index contributed by atoms with van der Waals surface area (Å²) in [7, 11) is 3.30. The van der Waals surface area contributed by atoms with Crippen molar-refractivity contribution < 1.29 is 14.6 Å². The van der Waals surface area contributed by atoms with Crippen molar-refractivity contribution in [2.75, 3.05) is 14.2 Å². The van der Waals surface area contributed by atoms with Crippen molar-refractivity contribution in [3.8, 4) is 11.5 Å². The first kappa shape index (κ1) is 11.3. The summed E-state index contributed by atoms with van der Waals surface area (Å²) in [4.78, 5) is 0. The quantitative estimate of drug-likeness (QED) is 0.836. The summed E-state index contributed by atoms with van der Waals surface area (Å²) in [5, 5.41) is 10.1. The molecular formula is C13H18O3. The third-order valence-corrected chi connectivity index (χ3v) is 3.35. The van der Waals surface area contributed by atoms with E-state index < -0.39 is 6.10 Å². The average Bonchev–Trinajstić information content (AvgIpc) is 2.32. The van der Waals surface area contributed by atoms with Crippen LogP contribution in [0.25, 0.3) is 0 Å². The molecule has 88 valence electrons. The Balaban J connectivity index is 2.63. The molecule has 0 heterocycles. The van der Waals surface area contributed by atoms with E-state index in [-0.39, 0.29) is 0 Å². The van der Waals surface area contributed by atoms with Crippen molar-refractivity contribution in [1.82, 2.24) is 0 Å². The van der Waals surface area contributed by atoms with Crippen molar-refractivity contribution in [2.45, 2.75) is 31.8 Å². The molecule has 1 aliphatic rings. The summed E-state index contributed by atoms with van der Waals surface area (Å²) in [5.74, 6) is 2.01. The van der Waals surface area contributed by atoms with Gasteiger partial charge in [0.15, 0.2) is 0 Å². The minimum atomic E-state index is -0.434. The molecule has 1 aromatic rings. The molecule has 1 N–H and O–H groups in total. The van der Waals surface area contributed by atoms with Crippen LogP contribution in [0.4, 0.5) is 0 Å². The Morgan fingerprint density at radius 1 is 1.06 bits per heavy atom. The number of benzene rings is 1. The second-order valence-electron chi connectivity index (χ2n) is 4.29. The monoisotopic (exact) mass is 222 g/mol. The van der Waals surface area contributed by atoms with Gasteiger partial charge in [0.1, 0.15) is 11.5 Å². The van der Waals surface area contributed by atoms with E-state index in [2.05, 4.69) is 6.92 Å². The second-order valence-corrected chi connectivity index (χ2v) is 4.29. The third-order valence-electron chi connectivity index (χ3n) is 3.35. The molecule has 0 radical (unpaired) electrons. The Kier molecular flexibility index (Phi) is 3.06. The molecule has 0 amide bonds. The van der Waals surface area contributed by atoms with Crippen LogP contribution in [0.5, 0.6) is 11.5 Å². The summed E-state index contributed by atoms with van der Waals surface area (Å²) in [6, 6.07) is 3.77. The number of aliphatic hydroxyl groups is 1. The van der Waals surface area contributed by atoms with E-state index >= 15 is 0 Å². The molecule has 3 heteroatoms. The highest BCUT2D eigenvalue weighted by molar-refractivity contribution is 5.52. The standard InChI is InChI=1S/C13H18O3/c1-8-4-5-9(14)13-11(16-3)7-6-10(15-2)12(8)13/h6-9,14H,4-5H2,1-3H3/t8?,9-/m0/s1. The number of hydrogen-bond donors (Lipinski definition) is 1. The van der Waals surface area contributed by atoms with Crippen molar-refractivity contribution in [1.29, 1.82) is 0 Å². The lowest BCUT2D eigenvalue weighted by atomic mass is 9.81. The van der Waals surface area contributed by atoms with Crippen LogP contribution in [0.15, 0.2) is 12.1 Å². The Labute approximate surface area is 96.0 Å². The lowest BCUT2D eigenvalue weighted by Crippen LogP contribution is -2.15. The summed E-state index contributed by atoms with van der Waals surface area (Å²) in [6.45, 7) is 2.16. The van der Waals surface area contributed by atoms with E-state index in [0.717, 1.165) is 35.5 Å². The number of hydrogen-bond acceptors (Lipinski definition) is 3. The second kappa shape index (κ2) is 4.34. The number of fused-ring (bicyclic) bond motifs is 1. The molecule has 2 atom stereocenters. The topological polar surface area (TPSA) is 38.7 Å². The summed E-state index contributed by atoms with van der Waals surface area (Å²) in [5.41, 5.74) is 2.00. The highest BCUT2D eigenvalue weighted by Gasteiger charge is 2.29. The Morgan fingerprint density at radius 3 is 2.19 bits per heavy atom. The smallest absolute Gasteiger partial charge is 0.125 e. The van der Waals surface area contributed by atoms with Gasteiger partial charge in [0.2, 0.25) is 0 Å². The van der Waals surface area contributed by atoms with Gasteiger partial charge >= 0.3 is 0 Å². The Morgan fingerprint density at radius 2 is 1.62 bits per heavy atom. The highest BCUT2D eigenvalue weighted by atomic mass is 16.5. The van der Waals surface area contributed by atoms with Crippen LogP contribution in [0.3, 0.4) is 0 Å². The van der Waals surface area contributed by atoms with Crippen molar-refractivity contribution in [2.24, 2.45) is 0 Å². The maximum Gasteiger partial charge on any atom is 0.125 e. The average molecular weight is 222 g/mol. The van der Waals surface area contributed by atoms with Crippen molar-refractivity contribution >= 4 is 0 Å². The molecule has 0 aromatic heterocycles. The molecule has 2 rings (SSSR count). The zero-order chi connectivity index (χ0) is 11.7. The van der Waals surface area contributed by atoms with Gasteiger partial charge in [-0.25, -0.2) is 0 Å². The third kappa shape index (κ3) is 1.65. The van der Waals surface area contributed by atoms with Crippen LogP contribution in [-0.2, 0) is 0 Å². The minimum Gasteiger partial charge on any atom is -0.496 e. The van der Waals surface area contributed by atoms with Crippen molar-refractivity contribution in [3.63, 3.8) is 0 Å². The van der Waals surface area contributed by atoms with Crippen LogP contribution < -0.4 is 9.47 Å². The lowest BCUT2D eigenvalue weighted by Gasteiger charge is -2.29. The lowest BCUT2D eigenvalue weighted by molar-refractivity contribution is 0.146. The molecule has 0 aliphatic heterocycles. The first-order valence-electron chi connectivity index (χ1n) is 5.61. The molecule has 3 nitrogen and oxygen atoms in total. The Bertz CT molecular complexity index is 350. The van der Waals surface area contributed by atoms with Gasteiger partial charge in [-0.05, 0) is 30.9 Å². The molecule has 1 unspecified atom stereocenters. The van der Waals surface area contributed by atoms with Gasteiger partial charge in [-0.1, -0.05) is 6.92 Å². The minimum absolute atomic E-state index is 0.406. The van der Waals surface area contributed by atoms with Gasteiger partial charge in [0.05, 0.1) is 20.3 Å². The zero-order valence-electron chi connectivity index (χ0n) is 9.99. The van der Waals surface area contributed by atoms with Crippen molar-refractivity contribution in [3.05, 3.63) is 23.3 Å². The molecule has 0 bridgehead atoms. The fourth-order valence-corrected chi connectivity index (χ4v) is 2.50. The first-order chi connectivity index (χ1) is 7.69. The van der Waals surface area contributed by atoms with E-state index in [1.165, 1.54) is 0 Å². The van der Waals surface area contributed by atoms with Gasteiger partial charge in [-0.3, -0.25) is 0 Å². The summed E-state index contributed by atoms with van der Waals surface area (Å²) in [6.07, 6.45) is 1.34. The number of rotatable bonds is 2. The van der Waals surface area contributed by atoms with Gasteiger partial charge in [0, 0.05) is 11.1 Å². The maximum atomic E-state index is 10.1. The fraction of sp³-hybridized carbons (Fsp3) is 0.538. The molecule has 16 heavy (non-hydrogen) atoms. The predicted octanol–water partition coefficient (Wildman–Crippen LogP) is 2.63.